The number of alkyl carbamates (subject to hydrolysis) is 1. The number of nitrogens with one attached hydrogen (secondary N) is 1. The molecule has 0 aliphatic carbocycles. The molecule has 1 atom stereocenters. The highest BCUT2D eigenvalue weighted by molar-refractivity contribution is 5.68. The van der Waals surface area contributed by atoms with E-state index in [0.717, 1.165) is 6.07 Å². The third-order valence-electron chi connectivity index (χ3n) is 2.54. The topological polar surface area (TPSA) is 38.3 Å². The summed E-state index contributed by atoms with van der Waals surface area (Å²) in [6, 6.07) is 5.15. The highest BCUT2D eigenvalue weighted by Gasteiger charge is 2.36. The van der Waals surface area contributed by atoms with Crippen LogP contribution in [0.1, 0.15) is 23.7 Å². The fourth-order valence-corrected chi connectivity index (χ4v) is 1.79. The predicted molar refractivity (Wildman–Crippen MR) is 53.3 cm³/mol. The molecular formula is C11H10F3NO2. The van der Waals surface area contributed by atoms with Gasteiger partial charge >= 0.3 is 12.3 Å². The van der Waals surface area contributed by atoms with E-state index in [2.05, 4.69) is 5.32 Å². The van der Waals surface area contributed by atoms with Gasteiger partial charge in [-0.1, -0.05) is 18.2 Å². The normalized spacial score (nSPS) is 20.6. The van der Waals surface area contributed by atoms with Crippen LogP contribution in [0.5, 0.6) is 0 Å². The maximum Gasteiger partial charge on any atom is 0.416 e. The Labute approximate surface area is 95.6 Å². The lowest BCUT2D eigenvalue weighted by Crippen LogP contribution is -2.34. The van der Waals surface area contributed by atoms with Gasteiger partial charge in [0.2, 0.25) is 0 Å². The van der Waals surface area contributed by atoms with Gasteiger partial charge in [0.25, 0.3) is 0 Å². The molecule has 1 unspecified atom stereocenters. The number of amides is 1. The maximum atomic E-state index is 12.7. The summed E-state index contributed by atoms with van der Waals surface area (Å²) in [7, 11) is 0. The summed E-state index contributed by atoms with van der Waals surface area (Å²) < 4.78 is 43.1. The van der Waals surface area contributed by atoms with Crippen molar-refractivity contribution in [2.75, 3.05) is 6.54 Å². The number of carbonyl (C=O) groups is 1. The highest BCUT2D eigenvalue weighted by Crippen LogP contribution is 2.37. The molecule has 1 N–H and O–H groups in total. The molecule has 1 fully saturated rings. The van der Waals surface area contributed by atoms with Gasteiger partial charge in [-0.05, 0) is 6.07 Å². The largest absolute Gasteiger partial charge is 0.441 e. The second kappa shape index (κ2) is 4.27. The maximum absolute atomic E-state index is 12.7. The van der Waals surface area contributed by atoms with E-state index < -0.39 is 23.9 Å². The third kappa shape index (κ3) is 2.51. The first-order valence-corrected chi connectivity index (χ1v) is 5.09. The van der Waals surface area contributed by atoms with E-state index in [0.29, 0.717) is 13.0 Å². The van der Waals surface area contributed by atoms with Crippen LogP contribution in [-0.2, 0) is 10.9 Å². The number of carbonyl (C=O) groups excluding carboxylic acids is 1. The SMILES string of the molecule is O=C1NCCC(c2ccccc2C(F)(F)F)O1. The van der Waals surface area contributed by atoms with E-state index in [1.165, 1.54) is 18.2 Å². The monoisotopic (exact) mass is 245 g/mol. The number of rotatable bonds is 1. The smallest absolute Gasteiger partial charge is 0.416 e. The quantitative estimate of drug-likeness (QED) is 0.826. The first-order chi connectivity index (χ1) is 7.98. The molecule has 1 heterocycles. The Bertz CT molecular complexity index is 431. The molecule has 17 heavy (non-hydrogen) atoms. The van der Waals surface area contributed by atoms with Crippen molar-refractivity contribution in [3.05, 3.63) is 35.4 Å². The molecule has 1 aliphatic rings. The van der Waals surface area contributed by atoms with Crippen molar-refractivity contribution in [3.8, 4) is 0 Å². The molecule has 3 nitrogen and oxygen atoms in total. The Kier molecular flexibility index (Phi) is 2.95. The summed E-state index contributed by atoms with van der Waals surface area (Å²) in [6.07, 6.45) is -5.62. The fourth-order valence-electron chi connectivity index (χ4n) is 1.79. The van der Waals surface area contributed by atoms with Crippen molar-refractivity contribution < 1.29 is 22.7 Å². The van der Waals surface area contributed by atoms with Gasteiger partial charge in [0, 0.05) is 18.5 Å². The van der Waals surface area contributed by atoms with Crippen LogP contribution in [0.4, 0.5) is 18.0 Å². The van der Waals surface area contributed by atoms with Crippen LogP contribution in [0.25, 0.3) is 0 Å². The van der Waals surface area contributed by atoms with Gasteiger partial charge in [-0.3, -0.25) is 0 Å². The van der Waals surface area contributed by atoms with Crippen LogP contribution < -0.4 is 5.32 Å². The Morgan fingerprint density at radius 3 is 2.65 bits per heavy atom. The van der Waals surface area contributed by atoms with Crippen LogP contribution in [0.3, 0.4) is 0 Å². The summed E-state index contributed by atoms with van der Waals surface area (Å²) in [5.74, 6) is 0. The zero-order valence-electron chi connectivity index (χ0n) is 8.75. The molecule has 0 bridgehead atoms. The van der Waals surface area contributed by atoms with E-state index in [1.807, 2.05) is 0 Å². The fraction of sp³-hybridized carbons (Fsp3) is 0.364. The van der Waals surface area contributed by atoms with Crippen LogP contribution in [0.2, 0.25) is 0 Å². The van der Waals surface area contributed by atoms with Gasteiger partial charge in [-0.2, -0.15) is 13.2 Å². The van der Waals surface area contributed by atoms with Crippen LogP contribution >= 0.6 is 0 Å². The minimum Gasteiger partial charge on any atom is -0.441 e. The minimum atomic E-state index is -4.44. The Morgan fingerprint density at radius 1 is 1.29 bits per heavy atom. The lowest BCUT2D eigenvalue weighted by atomic mass is 9.99. The Morgan fingerprint density at radius 2 is 2.00 bits per heavy atom. The molecule has 6 heteroatoms. The van der Waals surface area contributed by atoms with Crippen molar-refractivity contribution in [2.45, 2.75) is 18.7 Å². The van der Waals surface area contributed by atoms with Gasteiger partial charge in [0.1, 0.15) is 6.10 Å². The molecule has 1 aromatic rings. The molecule has 1 saturated heterocycles. The molecule has 2 rings (SSSR count). The summed E-state index contributed by atoms with van der Waals surface area (Å²) in [5, 5.41) is 2.40. The molecule has 92 valence electrons. The zero-order valence-corrected chi connectivity index (χ0v) is 8.75. The molecule has 0 aromatic heterocycles. The summed E-state index contributed by atoms with van der Waals surface area (Å²) in [5.41, 5.74) is -0.741. The van der Waals surface area contributed by atoms with Crippen LogP contribution in [0, 0.1) is 0 Å². The number of halogens is 3. The molecule has 1 aliphatic heterocycles. The van der Waals surface area contributed by atoms with Crippen LogP contribution in [-0.4, -0.2) is 12.6 Å². The van der Waals surface area contributed by atoms with Gasteiger partial charge in [-0.15, -0.1) is 0 Å². The Hall–Kier alpha value is -1.72. The number of ether oxygens (including phenoxy) is 1. The van der Waals surface area contributed by atoms with Gasteiger partial charge < -0.3 is 10.1 Å². The predicted octanol–water partition coefficient (Wildman–Crippen LogP) is 2.88. The standard InChI is InChI=1S/C11H10F3NO2/c12-11(13,14)8-4-2-1-3-7(8)9-5-6-15-10(16)17-9/h1-4,9H,5-6H2,(H,15,16). The minimum absolute atomic E-state index is 0.00912. The summed E-state index contributed by atoms with van der Waals surface area (Å²) in [4.78, 5) is 11.0. The Balaban J connectivity index is 2.34. The molecular weight excluding hydrogens is 235 g/mol. The van der Waals surface area contributed by atoms with Crippen LogP contribution in [0.15, 0.2) is 24.3 Å². The first kappa shape index (κ1) is 11.8. The average Bonchev–Trinajstić information content (AvgIpc) is 2.28. The lowest BCUT2D eigenvalue weighted by molar-refractivity contribution is -0.139. The molecule has 0 radical (unpaired) electrons. The number of cyclic esters (lactones) is 1. The number of hydrogen-bond acceptors (Lipinski definition) is 2. The van der Waals surface area contributed by atoms with Crippen molar-refractivity contribution in [3.63, 3.8) is 0 Å². The average molecular weight is 245 g/mol. The lowest BCUT2D eigenvalue weighted by Gasteiger charge is -2.25. The van der Waals surface area contributed by atoms with E-state index in [9.17, 15) is 18.0 Å². The van der Waals surface area contributed by atoms with Gasteiger partial charge in [0.15, 0.2) is 0 Å². The van der Waals surface area contributed by atoms with E-state index in [1.54, 1.807) is 0 Å². The van der Waals surface area contributed by atoms with E-state index in [-0.39, 0.29) is 5.56 Å². The molecule has 1 amide bonds. The molecule has 0 spiro atoms. The van der Waals surface area contributed by atoms with Crippen molar-refractivity contribution in [1.29, 1.82) is 0 Å². The van der Waals surface area contributed by atoms with Gasteiger partial charge in [0.05, 0.1) is 5.56 Å². The van der Waals surface area contributed by atoms with E-state index in [4.69, 9.17) is 4.74 Å². The summed E-state index contributed by atoms with van der Waals surface area (Å²) >= 11 is 0. The van der Waals surface area contributed by atoms with Crippen molar-refractivity contribution in [1.82, 2.24) is 5.32 Å². The highest BCUT2D eigenvalue weighted by atomic mass is 19.4. The van der Waals surface area contributed by atoms with Crippen molar-refractivity contribution >= 4 is 6.09 Å². The zero-order chi connectivity index (χ0) is 12.5. The number of hydrogen-bond donors (Lipinski definition) is 1. The first-order valence-electron chi connectivity index (χ1n) is 5.09. The number of benzene rings is 1. The summed E-state index contributed by atoms with van der Waals surface area (Å²) in [6.45, 7) is 0.315. The third-order valence-corrected chi connectivity index (χ3v) is 2.54. The van der Waals surface area contributed by atoms with Crippen molar-refractivity contribution in [2.24, 2.45) is 0 Å². The van der Waals surface area contributed by atoms with E-state index >= 15 is 0 Å². The number of alkyl halides is 3. The molecule has 1 aromatic carbocycles. The second-order valence-corrected chi connectivity index (χ2v) is 3.69. The van der Waals surface area contributed by atoms with Gasteiger partial charge in [-0.25, -0.2) is 4.79 Å². The molecule has 0 saturated carbocycles. The second-order valence-electron chi connectivity index (χ2n) is 3.69.